The Bertz CT molecular complexity index is 634. The Labute approximate surface area is 122 Å². The fourth-order valence-corrected chi connectivity index (χ4v) is 2.33. The van der Waals surface area contributed by atoms with Gasteiger partial charge in [-0.2, -0.15) is 10.2 Å². The Kier molecular flexibility index (Phi) is 3.70. The monoisotopic (exact) mass is 290 g/mol. The lowest BCUT2D eigenvalue weighted by Gasteiger charge is -2.31. The molecule has 0 saturated carbocycles. The highest BCUT2D eigenvalue weighted by atomic mass is 16.5. The normalized spacial score (nSPS) is 19.0. The average molecular weight is 290 g/mol. The van der Waals surface area contributed by atoms with Crippen molar-refractivity contribution in [3.05, 3.63) is 29.6 Å². The standard InChI is InChI=1S/C13H18N6O2/c1-9-5-14-19(6-9)8-12(20)18-3-4-21-11(7-18)13-15-10(2)16-17-13/h5-6,11H,3-4,7-8H2,1-2H3,(H,15,16,17). The van der Waals surface area contributed by atoms with Crippen molar-refractivity contribution in [2.45, 2.75) is 26.5 Å². The van der Waals surface area contributed by atoms with Gasteiger partial charge in [-0.05, 0) is 19.4 Å². The molecule has 1 aliphatic rings. The number of nitrogens with zero attached hydrogens (tertiary/aromatic N) is 5. The molecule has 3 heterocycles. The van der Waals surface area contributed by atoms with E-state index in [0.717, 1.165) is 11.4 Å². The summed E-state index contributed by atoms with van der Waals surface area (Å²) in [4.78, 5) is 18.4. The van der Waals surface area contributed by atoms with Crippen molar-refractivity contribution < 1.29 is 9.53 Å². The first-order valence-corrected chi connectivity index (χ1v) is 6.89. The van der Waals surface area contributed by atoms with E-state index in [2.05, 4.69) is 20.3 Å². The van der Waals surface area contributed by atoms with Crippen molar-refractivity contribution in [1.29, 1.82) is 0 Å². The molecule has 1 amide bonds. The van der Waals surface area contributed by atoms with Crippen molar-refractivity contribution in [2.75, 3.05) is 19.7 Å². The van der Waals surface area contributed by atoms with E-state index in [1.54, 1.807) is 15.8 Å². The number of nitrogens with one attached hydrogen (secondary N) is 1. The van der Waals surface area contributed by atoms with Crippen molar-refractivity contribution in [2.24, 2.45) is 0 Å². The maximum atomic E-state index is 12.3. The summed E-state index contributed by atoms with van der Waals surface area (Å²) in [6.45, 7) is 5.57. The van der Waals surface area contributed by atoms with Gasteiger partial charge in [-0.15, -0.1) is 0 Å². The van der Waals surface area contributed by atoms with Crippen LogP contribution in [0.25, 0.3) is 0 Å². The predicted octanol–water partition coefficient (Wildman–Crippen LogP) is 0.218. The Balaban J connectivity index is 1.64. The Hall–Kier alpha value is -2.22. The number of H-pyrrole nitrogens is 1. The quantitative estimate of drug-likeness (QED) is 0.873. The predicted molar refractivity (Wildman–Crippen MR) is 73.4 cm³/mol. The van der Waals surface area contributed by atoms with E-state index in [1.165, 1.54) is 0 Å². The second-order valence-corrected chi connectivity index (χ2v) is 5.19. The molecule has 2 aromatic rings. The van der Waals surface area contributed by atoms with E-state index in [-0.39, 0.29) is 18.6 Å². The zero-order valence-electron chi connectivity index (χ0n) is 12.1. The van der Waals surface area contributed by atoms with E-state index in [9.17, 15) is 4.79 Å². The summed E-state index contributed by atoms with van der Waals surface area (Å²) in [6.07, 6.45) is 3.33. The fourth-order valence-electron chi connectivity index (χ4n) is 2.33. The fraction of sp³-hybridized carbons (Fsp3) is 0.538. The molecule has 1 saturated heterocycles. The van der Waals surface area contributed by atoms with Gasteiger partial charge in [0.2, 0.25) is 5.91 Å². The van der Waals surface area contributed by atoms with Crippen LogP contribution in [-0.4, -0.2) is 55.5 Å². The highest BCUT2D eigenvalue weighted by Crippen LogP contribution is 2.19. The van der Waals surface area contributed by atoms with E-state index in [4.69, 9.17) is 4.74 Å². The molecule has 0 aromatic carbocycles. The molecular weight excluding hydrogens is 272 g/mol. The molecule has 21 heavy (non-hydrogen) atoms. The molecule has 1 aliphatic heterocycles. The second kappa shape index (κ2) is 5.65. The van der Waals surface area contributed by atoms with Gasteiger partial charge in [0.15, 0.2) is 5.82 Å². The number of hydrogen-bond acceptors (Lipinski definition) is 5. The maximum absolute atomic E-state index is 12.3. The molecule has 0 bridgehead atoms. The molecule has 1 atom stereocenters. The summed E-state index contributed by atoms with van der Waals surface area (Å²) >= 11 is 0. The first kappa shape index (κ1) is 13.7. The minimum Gasteiger partial charge on any atom is -0.366 e. The zero-order valence-corrected chi connectivity index (χ0v) is 12.1. The molecule has 1 fully saturated rings. The van der Waals surface area contributed by atoms with Crippen molar-refractivity contribution in [3.8, 4) is 0 Å². The lowest BCUT2D eigenvalue weighted by atomic mass is 10.2. The second-order valence-electron chi connectivity index (χ2n) is 5.19. The third kappa shape index (κ3) is 3.10. The number of hydrogen-bond donors (Lipinski definition) is 1. The highest BCUT2D eigenvalue weighted by Gasteiger charge is 2.28. The summed E-state index contributed by atoms with van der Waals surface area (Å²) in [5, 5.41) is 11.0. The third-order valence-electron chi connectivity index (χ3n) is 3.38. The first-order valence-electron chi connectivity index (χ1n) is 6.89. The van der Waals surface area contributed by atoms with Crippen LogP contribution in [0.4, 0.5) is 0 Å². The number of aromatic nitrogens is 5. The SMILES string of the molecule is Cc1cnn(CC(=O)N2CCOC(c3n[nH]c(C)n3)C2)c1. The molecule has 8 nitrogen and oxygen atoms in total. The van der Waals surface area contributed by atoms with Gasteiger partial charge < -0.3 is 9.64 Å². The molecule has 3 rings (SSSR count). The molecule has 8 heteroatoms. The smallest absolute Gasteiger partial charge is 0.244 e. The Morgan fingerprint density at radius 2 is 2.38 bits per heavy atom. The van der Waals surface area contributed by atoms with Crippen LogP contribution in [0.2, 0.25) is 0 Å². The summed E-state index contributed by atoms with van der Waals surface area (Å²) in [6, 6.07) is 0. The first-order chi connectivity index (χ1) is 10.1. The van der Waals surface area contributed by atoms with Gasteiger partial charge in [0.25, 0.3) is 0 Å². The van der Waals surface area contributed by atoms with E-state index in [1.807, 2.05) is 20.0 Å². The topological polar surface area (TPSA) is 88.9 Å². The number of rotatable bonds is 3. The molecular formula is C13H18N6O2. The number of carbonyl (C=O) groups excluding carboxylic acids is 1. The minimum absolute atomic E-state index is 0.0265. The largest absolute Gasteiger partial charge is 0.366 e. The summed E-state index contributed by atoms with van der Waals surface area (Å²) in [7, 11) is 0. The zero-order chi connectivity index (χ0) is 14.8. The lowest BCUT2D eigenvalue weighted by Crippen LogP contribution is -2.44. The van der Waals surface area contributed by atoms with Crippen LogP contribution in [0.1, 0.15) is 23.3 Å². The molecule has 0 radical (unpaired) electrons. The molecule has 2 aromatic heterocycles. The van der Waals surface area contributed by atoms with Crippen LogP contribution in [0, 0.1) is 13.8 Å². The molecule has 0 spiro atoms. The molecule has 1 N–H and O–H groups in total. The average Bonchev–Trinajstić information content (AvgIpc) is 3.08. The van der Waals surface area contributed by atoms with Crippen LogP contribution < -0.4 is 0 Å². The Morgan fingerprint density at radius 3 is 3.05 bits per heavy atom. The molecule has 0 aliphatic carbocycles. The van der Waals surface area contributed by atoms with Gasteiger partial charge in [-0.3, -0.25) is 14.6 Å². The van der Waals surface area contributed by atoms with Gasteiger partial charge in [-0.1, -0.05) is 0 Å². The summed E-state index contributed by atoms with van der Waals surface area (Å²) in [5.74, 6) is 1.36. The highest BCUT2D eigenvalue weighted by molar-refractivity contribution is 5.76. The number of amides is 1. The van der Waals surface area contributed by atoms with Crippen LogP contribution in [0.3, 0.4) is 0 Å². The van der Waals surface area contributed by atoms with Crippen molar-refractivity contribution in [3.63, 3.8) is 0 Å². The van der Waals surface area contributed by atoms with Crippen LogP contribution >= 0.6 is 0 Å². The number of ether oxygens (including phenoxy) is 1. The van der Waals surface area contributed by atoms with Crippen molar-refractivity contribution >= 4 is 5.91 Å². The third-order valence-corrected chi connectivity index (χ3v) is 3.38. The number of aromatic amines is 1. The molecule has 112 valence electrons. The number of carbonyl (C=O) groups is 1. The van der Waals surface area contributed by atoms with Gasteiger partial charge in [0.1, 0.15) is 18.5 Å². The summed E-state index contributed by atoms with van der Waals surface area (Å²) in [5.41, 5.74) is 1.04. The van der Waals surface area contributed by atoms with Gasteiger partial charge in [0, 0.05) is 12.7 Å². The number of morpholine rings is 1. The van der Waals surface area contributed by atoms with Crippen LogP contribution in [0.15, 0.2) is 12.4 Å². The van der Waals surface area contributed by atoms with Crippen LogP contribution in [-0.2, 0) is 16.1 Å². The van der Waals surface area contributed by atoms with Gasteiger partial charge in [0.05, 0.1) is 19.3 Å². The van der Waals surface area contributed by atoms with Gasteiger partial charge in [-0.25, -0.2) is 4.98 Å². The molecule has 1 unspecified atom stereocenters. The Morgan fingerprint density at radius 1 is 1.52 bits per heavy atom. The lowest BCUT2D eigenvalue weighted by molar-refractivity contribution is -0.140. The van der Waals surface area contributed by atoms with Gasteiger partial charge >= 0.3 is 0 Å². The summed E-state index contributed by atoms with van der Waals surface area (Å²) < 4.78 is 7.30. The van der Waals surface area contributed by atoms with Crippen LogP contribution in [0.5, 0.6) is 0 Å². The van der Waals surface area contributed by atoms with E-state index >= 15 is 0 Å². The van der Waals surface area contributed by atoms with E-state index < -0.39 is 0 Å². The van der Waals surface area contributed by atoms with Crippen molar-refractivity contribution in [1.82, 2.24) is 29.9 Å². The number of aryl methyl sites for hydroxylation is 2. The van der Waals surface area contributed by atoms with E-state index in [0.29, 0.717) is 25.5 Å². The maximum Gasteiger partial charge on any atom is 0.244 e. The minimum atomic E-state index is -0.271.